The van der Waals surface area contributed by atoms with Gasteiger partial charge in [0.15, 0.2) is 105 Å². The molecule has 0 N–H and O–H groups in total. The monoisotopic (exact) mass is 2050 g/mol. The van der Waals surface area contributed by atoms with Gasteiger partial charge in [0.25, 0.3) is 0 Å². The van der Waals surface area contributed by atoms with Crippen molar-refractivity contribution in [2.24, 2.45) is 0 Å². The fourth-order valence-electron chi connectivity index (χ4n) is 20.1. The lowest BCUT2D eigenvalue weighted by Crippen LogP contribution is -2.69. The molecule has 2 bridgehead atoms. The van der Waals surface area contributed by atoms with Crippen molar-refractivity contribution in [1.29, 1.82) is 0 Å². The molecule has 6 rings (SSSR count). The van der Waals surface area contributed by atoms with Crippen LogP contribution in [-0.4, -0.2) is 238 Å². The molecule has 0 radical (unpaired) electrons. The Balaban J connectivity index is 1.55. The third-order valence-electron chi connectivity index (χ3n) is 27.6. The van der Waals surface area contributed by atoms with Gasteiger partial charge in [-0.3, -0.25) is 57.5 Å². The zero-order valence-electron chi connectivity index (χ0n) is 90.5. The number of hydrogen-bond donors (Lipinski definition) is 0. The van der Waals surface area contributed by atoms with Crippen LogP contribution in [0, 0.1) is 0 Å². The summed E-state index contributed by atoms with van der Waals surface area (Å²) < 4.78 is 145. The quantitative estimate of drug-likeness (QED) is 0.0310. The highest BCUT2D eigenvalue weighted by Crippen LogP contribution is 2.43. The van der Waals surface area contributed by atoms with Gasteiger partial charge in [-0.25, -0.2) is 0 Å². The molecule has 0 amide bonds. The minimum atomic E-state index is -2.13. The second kappa shape index (κ2) is 72.6. The van der Waals surface area contributed by atoms with Gasteiger partial charge in [0.2, 0.25) is 0 Å². The van der Waals surface area contributed by atoms with E-state index in [1.807, 2.05) is 0 Å². The first-order chi connectivity index (χ1) is 69.3. The average Bonchev–Trinajstić information content (AvgIpc) is 0.752. The van der Waals surface area contributed by atoms with Gasteiger partial charge in [0.1, 0.15) is 31.0 Å². The highest BCUT2D eigenvalue weighted by atomic mass is 16.8. The molecule has 0 saturated carbocycles. The second-order valence-corrected chi connectivity index (χ2v) is 40.7. The SMILES string of the molecule is CCCCCCCCCCCCCCCC(=O)OC[C@H]1O[C@@H](O[C@@H]2[C@@H](O[C@@H]3O[C@@H](C)[C@H](OC(=O)CCCCCCCCCCCCCCC)[C@@H](OC(C)=O)[C@H]3OC(C)=O)[C@@H](C)O[C@@H](O[C@@H]3[C@H]4OC(=O)CCCCCCCCC[C@H](CCCCC)O[C@@H]5O[C@H](C)[C@H](OC(C)=O)[C@H](OC(C)=O)[C@H]5O[C@H](O[C@H]3C)[C@@H]4OC(C)=O)[C@@H]2OC(=O)CCCCCCCCCCCCCCC)[C@H](OC(C)=O)[C@@H](OC(C)=O)[C@@H]1OC(C)=O. The molecule has 6 heterocycles. The maximum Gasteiger partial charge on any atom is 0.306 e. The molecule has 0 aromatic heterocycles. The van der Waals surface area contributed by atoms with Crippen molar-refractivity contribution in [2.45, 2.75) is 624 Å². The van der Waals surface area contributed by atoms with Crippen molar-refractivity contribution in [3.8, 4) is 0 Å². The van der Waals surface area contributed by atoms with Crippen LogP contribution in [0.1, 0.15) is 464 Å². The highest BCUT2D eigenvalue weighted by molar-refractivity contribution is 5.73. The van der Waals surface area contributed by atoms with Gasteiger partial charge in [-0.2, -0.15) is 0 Å². The molecule has 0 unspecified atom stereocenters. The molecule has 6 aliphatic rings. The summed E-state index contributed by atoms with van der Waals surface area (Å²) in [6.45, 7) is 23.0. The summed E-state index contributed by atoms with van der Waals surface area (Å²) in [5.41, 5.74) is 0. The Bertz CT molecular complexity index is 3640. The van der Waals surface area contributed by atoms with Crippen molar-refractivity contribution in [3.63, 3.8) is 0 Å². The topological polar surface area (TPSA) is 408 Å². The molecule has 6 fully saturated rings. The summed E-state index contributed by atoms with van der Waals surface area (Å²) in [5.74, 6) is -10.3. The van der Waals surface area contributed by atoms with E-state index in [4.69, 9.17) is 104 Å². The average molecular weight is 2050 g/mol. The van der Waals surface area contributed by atoms with Gasteiger partial charge in [0.05, 0.1) is 30.5 Å². The summed E-state index contributed by atoms with van der Waals surface area (Å²) in [6, 6.07) is 0. The van der Waals surface area contributed by atoms with Crippen LogP contribution in [-0.2, 0) is 162 Å². The predicted molar refractivity (Wildman–Crippen MR) is 532 cm³/mol. The maximum absolute atomic E-state index is 15.6. The van der Waals surface area contributed by atoms with Crippen molar-refractivity contribution in [3.05, 3.63) is 0 Å². The largest absolute Gasteiger partial charge is 0.463 e. The Kier molecular flexibility index (Phi) is 63.5. The molecular formula is C110H186O34. The molecule has 6 aliphatic heterocycles. The first-order valence-corrected chi connectivity index (χ1v) is 55.9. The van der Waals surface area contributed by atoms with E-state index in [1.54, 1.807) is 6.92 Å². The fourth-order valence-corrected chi connectivity index (χ4v) is 20.1. The fraction of sp³-hybridized carbons (Fsp3) is 0.891. The van der Waals surface area contributed by atoms with Crippen LogP contribution in [0.25, 0.3) is 0 Å². The normalized spacial score (nSPS) is 29.2. The molecule has 6 saturated heterocycles. The summed E-state index contributed by atoms with van der Waals surface area (Å²) in [6.07, 6.45) is 5.90. The van der Waals surface area contributed by atoms with Crippen molar-refractivity contribution in [2.75, 3.05) is 6.61 Å². The van der Waals surface area contributed by atoms with Crippen LogP contribution in [0.5, 0.6) is 0 Å². The van der Waals surface area contributed by atoms with Gasteiger partial charge in [0, 0.05) is 81.1 Å². The Labute approximate surface area is 859 Å². The molecule has 0 spiro atoms. The van der Waals surface area contributed by atoms with E-state index in [-0.39, 0.29) is 32.1 Å². The van der Waals surface area contributed by atoms with E-state index in [0.717, 1.165) is 202 Å². The molecule has 0 aliphatic carbocycles. The van der Waals surface area contributed by atoms with E-state index in [0.29, 0.717) is 44.9 Å². The number of fused-ring (bicyclic) bond motifs is 3. The Morgan fingerprint density at radius 3 is 1.01 bits per heavy atom. The zero-order chi connectivity index (χ0) is 105. The molecule has 34 nitrogen and oxygen atoms in total. The number of esters is 12. The number of unbranched alkanes of at least 4 members (excludes halogenated alkanes) is 38. The minimum absolute atomic E-state index is 0.0269. The van der Waals surface area contributed by atoms with Crippen LogP contribution in [0.15, 0.2) is 0 Å². The molecule has 0 aromatic rings. The lowest BCUT2D eigenvalue weighted by molar-refractivity contribution is -0.400. The summed E-state index contributed by atoms with van der Waals surface area (Å²) in [4.78, 5) is 169. The lowest BCUT2D eigenvalue weighted by Gasteiger charge is -2.52. The summed E-state index contributed by atoms with van der Waals surface area (Å²) in [7, 11) is 0. The van der Waals surface area contributed by atoms with E-state index >= 15 is 9.59 Å². The first kappa shape index (κ1) is 126. The smallest absolute Gasteiger partial charge is 0.306 e. The van der Waals surface area contributed by atoms with Crippen LogP contribution >= 0.6 is 0 Å². The maximum atomic E-state index is 15.6. The Hall–Kier alpha value is -6.76. The van der Waals surface area contributed by atoms with E-state index in [9.17, 15) is 47.9 Å². The molecular weight excluding hydrogens is 1870 g/mol. The van der Waals surface area contributed by atoms with Crippen LogP contribution in [0.4, 0.5) is 0 Å². The lowest BCUT2D eigenvalue weighted by atomic mass is 9.94. The predicted octanol–water partition coefficient (Wildman–Crippen LogP) is 20.9. The molecule has 830 valence electrons. The van der Waals surface area contributed by atoms with E-state index in [2.05, 4.69) is 27.7 Å². The number of rotatable bonds is 64. The second-order valence-electron chi connectivity index (χ2n) is 40.7. The summed E-state index contributed by atoms with van der Waals surface area (Å²) in [5, 5.41) is 0. The number of hydrogen-bond acceptors (Lipinski definition) is 34. The van der Waals surface area contributed by atoms with Crippen LogP contribution in [0.2, 0.25) is 0 Å². The van der Waals surface area contributed by atoms with E-state index in [1.165, 1.54) is 150 Å². The van der Waals surface area contributed by atoms with Crippen molar-refractivity contribution in [1.82, 2.24) is 0 Å². The number of carbonyl (C=O) groups excluding carboxylic acids is 12. The molecule has 34 heteroatoms. The van der Waals surface area contributed by atoms with Crippen molar-refractivity contribution >= 4 is 71.6 Å². The van der Waals surface area contributed by atoms with Gasteiger partial charge >= 0.3 is 71.6 Å². The standard InChI is InChI=1S/C110H186O34/c1-17-21-25-28-31-34-37-40-43-46-51-56-62-68-87(119)123-72-86-95(129-78(10)112)100(132-81(13)115)103(135-84(16)118)110(137-86)143-99-94(142-107-101(133-82(14)116)97(131-80(12)114)92(74(6)125-107)138-88(120)69-63-57-52-47-44-41-38-35-32-29-26-22-18-2)76(8)127-109(104(99)140-90(122)71-65-58-53-48-45-42-39-36-33-30-27-23-19-3)141-93-75(7)126-108-102(134-83(15)117)98(93)139-89(121)70-64-59-54-49-50-55-61-67-85(66-60-24-20-4)136-106-105(144-108)96(130-79(11)113)91(73(5)124-106)128-77(9)111/h73-76,85-86,91-110H,17-72H2,1-16H3/t73-,74+,75+,76-,85+,86-,91+,92+,93+,94+,95-,96+,97-,98-,99-,100+,101-,102-,103-,104-,105-,106+,107+,108+,109+,110+/m1/s1. The van der Waals surface area contributed by atoms with Gasteiger partial charge in [-0.05, 0) is 66.2 Å². The summed E-state index contributed by atoms with van der Waals surface area (Å²) >= 11 is 0. The van der Waals surface area contributed by atoms with E-state index < -0.39 is 238 Å². The van der Waals surface area contributed by atoms with Crippen molar-refractivity contribution < 1.29 is 162 Å². The van der Waals surface area contributed by atoms with Gasteiger partial charge < -0.3 is 104 Å². The van der Waals surface area contributed by atoms with Gasteiger partial charge in [-0.1, -0.05) is 317 Å². The Morgan fingerprint density at radius 1 is 0.257 bits per heavy atom. The number of carbonyl (C=O) groups is 12. The zero-order valence-corrected chi connectivity index (χ0v) is 90.5. The first-order valence-electron chi connectivity index (χ1n) is 55.9. The van der Waals surface area contributed by atoms with Crippen LogP contribution < -0.4 is 0 Å². The van der Waals surface area contributed by atoms with Gasteiger partial charge in [-0.15, -0.1) is 0 Å². The Morgan fingerprint density at radius 2 is 0.562 bits per heavy atom. The third kappa shape index (κ3) is 48.5. The molecule has 0 aromatic carbocycles. The highest BCUT2D eigenvalue weighted by Gasteiger charge is 2.63. The molecule has 144 heavy (non-hydrogen) atoms. The number of ether oxygens (including phenoxy) is 22. The third-order valence-corrected chi connectivity index (χ3v) is 27.6. The van der Waals surface area contributed by atoms with Crippen LogP contribution in [0.3, 0.4) is 0 Å². The molecule has 26 atom stereocenters. The minimum Gasteiger partial charge on any atom is -0.463 e.